The number of H-pyrrole nitrogens is 1. The average Bonchev–Trinajstić information content (AvgIpc) is 3.85. The molecule has 2 heterocycles. The second kappa shape index (κ2) is 15.6. The number of carbonyl (C=O) groups is 3. The lowest BCUT2D eigenvalue weighted by Gasteiger charge is -2.32. The molecule has 1 aliphatic carbocycles. The fourth-order valence-corrected chi connectivity index (χ4v) is 7.43. The summed E-state index contributed by atoms with van der Waals surface area (Å²) in [6.07, 6.45) is 5.47. The first-order valence-corrected chi connectivity index (χ1v) is 17.5. The predicted molar refractivity (Wildman–Crippen MR) is 190 cm³/mol. The fourth-order valence-electron chi connectivity index (χ4n) is 7.17. The van der Waals surface area contributed by atoms with E-state index < -0.39 is 17.5 Å². The minimum absolute atomic E-state index is 0.0620. The molecule has 49 heavy (non-hydrogen) atoms. The topological polar surface area (TPSA) is 143 Å². The summed E-state index contributed by atoms with van der Waals surface area (Å²) >= 11 is 6.75. The van der Waals surface area contributed by atoms with Gasteiger partial charge in [0.1, 0.15) is 17.6 Å². The zero-order chi connectivity index (χ0) is 35.3. The van der Waals surface area contributed by atoms with Crippen LogP contribution >= 0.6 is 11.6 Å². The second-order valence-corrected chi connectivity index (χ2v) is 14.0. The Kier molecular flexibility index (Phi) is 11.4. The maximum atomic E-state index is 14.1. The van der Waals surface area contributed by atoms with E-state index in [1.165, 1.54) is 4.68 Å². The number of rotatable bonds is 14. The maximum absolute atomic E-state index is 14.1. The highest BCUT2D eigenvalue weighted by Gasteiger charge is 2.41. The van der Waals surface area contributed by atoms with Gasteiger partial charge >= 0.3 is 0 Å². The minimum atomic E-state index is -1.11. The van der Waals surface area contributed by atoms with Crippen LogP contribution in [-0.4, -0.2) is 63.8 Å². The lowest BCUT2D eigenvalue weighted by Crippen LogP contribution is -2.56. The zero-order valence-electron chi connectivity index (χ0n) is 29.2. The molecule has 1 unspecified atom stereocenters. The summed E-state index contributed by atoms with van der Waals surface area (Å²) in [5, 5.41) is 14.0. The van der Waals surface area contributed by atoms with Gasteiger partial charge in [-0.3, -0.25) is 19.1 Å². The Morgan fingerprint density at radius 2 is 1.84 bits per heavy atom. The van der Waals surface area contributed by atoms with E-state index in [1.807, 2.05) is 56.3 Å². The van der Waals surface area contributed by atoms with Crippen LogP contribution in [0.15, 0.2) is 54.7 Å². The van der Waals surface area contributed by atoms with Crippen LogP contribution in [0.2, 0.25) is 5.02 Å². The number of aromatic nitrogens is 4. The van der Waals surface area contributed by atoms with Crippen molar-refractivity contribution in [3.05, 3.63) is 82.4 Å². The molecule has 1 fully saturated rings. The van der Waals surface area contributed by atoms with Crippen LogP contribution in [0, 0.1) is 11.8 Å². The summed E-state index contributed by atoms with van der Waals surface area (Å²) in [7, 11) is 3.28. The molecule has 2 aromatic carbocycles. The Balaban J connectivity index is 1.53. The van der Waals surface area contributed by atoms with Crippen molar-refractivity contribution in [2.75, 3.05) is 20.3 Å². The highest BCUT2D eigenvalue weighted by atomic mass is 35.5. The van der Waals surface area contributed by atoms with Crippen LogP contribution in [0.4, 0.5) is 0 Å². The number of hydrogen-bond acceptors (Lipinski definition) is 6. The summed E-state index contributed by atoms with van der Waals surface area (Å²) in [5.74, 6) is -0.276. The quantitative estimate of drug-likeness (QED) is 0.136. The summed E-state index contributed by atoms with van der Waals surface area (Å²) in [5.41, 5.74) is 2.25. The number of ether oxygens (including phenoxy) is 1. The molecule has 11 nitrogen and oxygen atoms in total. The van der Waals surface area contributed by atoms with E-state index in [0.717, 1.165) is 36.8 Å². The maximum Gasteiger partial charge on any atom is 0.270 e. The molecule has 1 aliphatic rings. The van der Waals surface area contributed by atoms with Crippen LogP contribution in [0.1, 0.15) is 92.8 Å². The first-order chi connectivity index (χ1) is 23.5. The van der Waals surface area contributed by atoms with E-state index in [4.69, 9.17) is 21.3 Å². The molecule has 0 bridgehead atoms. The SMILES string of the molecule is CCNC(=O)[C@H](NC(=O)C(C)(COC)c1ccc2[nH]c([C@@H](NC(=O)c3ccnn3C)[C@H](c3ccccc3Cl)C(C)C)nc2c1)C1CCCC1. The van der Waals surface area contributed by atoms with Gasteiger partial charge in [0, 0.05) is 37.8 Å². The normalized spacial score (nSPS) is 16.7. The third kappa shape index (κ3) is 7.68. The molecule has 262 valence electrons. The minimum Gasteiger partial charge on any atom is -0.383 e. The first kappa shape index (κ1) is 36.1. The number of halogens is 1. The van der Waals surface area contributed by atoms with Gasteiger partial charge in [0.05, 0.1) is 29.1 Å². The Hall–Kier alpha value is -4.22. The van der Waals surface area contributed by atoms with E-state index in [1.54, 1.807) is 26.4 Å². The van der Waals surface area contributed by atoms with Crippen LogP contribution in [0.5, 0.6) is 0 Å². The molecule has 12 heteroatoms. The van der Waals surface area contributed by atoms with Crippen molar-refractivity contribution in [3.8, 4) is 0 Å². The molecule has 4 aromatic rings. The Morgan fingerprint density at radius 1 is 1.10 bits per heavy atom. The van der Waals surface area contributed by atoms with Gasteiger partial charge in [0.25, 0.3) is 5.91 Å². The molecule has 0 radical (unpaired) electrons. The third-order valence-corrected chi connectivity index (χ3v) is 10.2. The monoisotopic (exact) mass is 689 g/mol. The number of benzene rings is 2. The van der Waals surface area contributed by atoms with Crippen molar-refractivity contribution in [1.29, 1.82) is 0 Å². The Labute approximate surface area is 292 Å². The predicted octanol–water partition coefficient (Wildman–Crippen LogP) is 5.58. The summed E-state index contributed by atoms with van der Waals surface area (Å²) in [6.45, 7) is 8.47. The molecule has 3 amide bonds. The summed E-state index contributed by atoms with van der Waals surface area (Å²) in [4.78, 5) is 49.4. The zero-order valence-corrected chi connectivity index (χ0v) is 29.9. The standard InChI is InChI=1S/C37H48ClN7O4/c1-7-39-35(47)31(23-12-8-9-13-23)44-36(48)37(4,21-49-6)24-16-17-27-28(20-24)42-33(41-27)32(43-34(46)29-18-19-40-45(29)5)30(22(2)3)25-14-10-11-15-26(25)38/h10-11,14-20,22-23,30-32H,7-9,12-13,21H2,1-6H3,(H,39,47)(H,41,42)(H,43,46)(H,44,48)/t30-,31+,32-,37?/m0/s1. The number of hydrogen-bond donors (Lipinski definition) is 4. The van der Waals surface area contributed by atoms with E-state index in [9.17, 15) is 14.4 Å². The van der Waals surface area contributed by atoms with Crippen molar-refractivity contribution in [2.45, 2.75) is 76.8 Å². The number of aryl methyl sites for hydroxylation is 1. The highest BCUT2D eigenvalue weighted by molar-refractivity contribution is 6.31. The molecule has 0 aliphatic heterocycles. The van der Waals surface area contributed by atoms with Crippen LogP contribution in [-0.2, 0) is 26.8 Å². The molecule has 5 rings (SSSR count). The molecule has 4 atom stereocenters. The summed E-state index contributed by atoms with van der Waals surface area (Å²) in [6, 6.07) is 13.8. The molecular weight excluding hydrogens is 642 g/mol. The van der Waals surface area contributed by atoms with Gasteiger partial charge in [-0.15, -0.1) is 0 Å². The summed E-state index contributed by atoms with van der Waals surface area (Å²) < 4.78 is 7.13. The number of likely N-dealkylation sites (N-methyl/N-ethyl adjacent to an activating group) is 1. The molecule has 1 saturated carbocycles. The van der Waals surface area contributed by atoms with Gasteiger partial charge in [0.2, 0.25) is 11.8 Å². The van der Waals surface area contributed by atoms with Gasteiger partial charge in [-0.25, -0.2) is 4.98 Å². The van der Waals surface area contributed by atoms with Crippen molar-refractivity contribution in [2.24, 2.45) is 18.9 Å². The number of amides is 3. The lowest BCUT2D eigenvalue weighted by molar-refractivity contribution is -0.134. The lowest BCUT2D eigenvalue weighted by atomic mass is 9.81. The van der Waals surface area contributed by atoms with Crippen LogP contribution < -0.4 is 16.0 Å². The number of imidazole rings is 1. The highest BCUT2D eigenvalue weighted by Crippen LogP contribution is 2.40. The Bertz CT molecular complexity index is 1780. The van der Waals surface area contributed by atoms with E-state index >= 15 is 0 Å². The number of carbonyl (C=O) groups excluding carboxylic acids is 3. The molecule has 0 spiro atoms. The van der Waals surface area contributed by atoms with E-state index in [-0.39, 0.29) is 42.1 Å². The first-order valence-electron chi connectivity index (χ1n) is 17.1. The van der Waals surface area contributed by atoms with Gasteiger partial charge in [-0.1, -0.05) is 62.6 Å². The number of fused-ring (bicyclic) bond motifs is 1. The number of aromatic amines is 1. The van der Waals surface area contributed by atoms with Crippen molar-refractivity contribution in [3.63, 3.8) is 0 Å². The molecular formula is C37H48ClN7O4. The Morgan fingerprint density at radius 3 is 2.47 bits per heavy atom. The van der Waals surface area contributed by atoms with Gasteiger partial charge in [-0.2, -0.15) is 5.10 Å². The number of nitrogens with zero attached hydrogens (tertiary/aromatic N) is 3. The number of methoxy groups -OCH3 is 1. The molecule has 2 aromatic heterocycles. The number of nitrogens with one attached hydrogen (secondary N) is 4. The fraction of sp³-hybridized carbons (Fsp3) is 0.486. The average molecular weight is 690 g/mol. The van der Waals surface area contributed by atoms with Gasteiger partial charge in [-0.05, 0) is 73.9 Å². The van der Waals surface area contributed by atoms with Crippen molar-refractivity contribution >= 4 is 40.4 Å². The van der Waals surface area contributed by atoms with Crippen LogP contribution in [0.25, 0.3) is 11.0 Å². The smallest absolute Gasteiger partial charge is 0.270 e. The molecule has 4 N–H and O–H groups in total. The van der Waals surface area contributed by atoms with Gasteiger partial charge in [0.15, 0.2) is 0 Å². The van der Waals surface area contributed by atoms with Crippen molar-refractivity contribution in [1.82, 2.24) is 35.7 Å². The van der Waals surface area contributed by atoms with Crippen LogP contribution in [0.3, 0.4) is 0 Å². The van der Waals surface area contributed by atoms with Gasteiger partial charge < -0.3 is 25.7 Å². The molecule has 0 saturated heterocycles. The largest absolute Gasteiger partial charge is 0.383 e. The third-order valence-electron chi connectivity index (χ3n) is 9.84. The van der Waals surface area contributed by atoms with E-state index in [2.05, 4.69) is 39.9 Å². The van der Waals surface area contributed by atoms with Crippen molar-refractivity contribution < 1.29 is 19.1 Å². The second-order valence-electron chi connectivity index (χ2n) is 13.6. The van der Waals surface area contributed by atoms with E-state index in [0.29, 0.717) is 34.2 Å².